The monoisotopic (exact) mass is 489 g/mol. The van der Waals surface area contributed by atoms with Crippen LogP contribution in [0, 0.1) is 5.82 Å². The van der Waals surface area contributed by atoms with Crippen molar-refractivity contribution < 1.29 is 14.0 Å². The fourth-order valence-electron chi connectivity index (χ4n) is 4.64. The van der Waals surface area contributed by atoms with Crippen molar-refractivity contribution in [1.29, 1.82) is 0 Å². The second-order valence-corrected chi connectivity index (χ2v) is 10.2. The van der Waals surface area contributed by atoms with Gasteiger partial charge in [0.2, 0.25) is 0 Å². The minimum absolute atomic E-state index is 0.214. The van der Waals surface area contributed by atoms with Crippen molar-refractivity contribution in [3.8, 4) is 0 Å². The van der Waals surface area contributed by atoms with Crippen molar-refractivity contribution >= 4 is 17.4 Å². The molecule has 0 fully saturated rings. The summed E-state index contributed by atoms with van der Waals surface area (Å²) in [6, 6.07) is 24.1. The summed E-state index contributed by atoms with van der Waals surface area (Å²) in [6.45, 7) is 10.0. The lowest BCUT2D eigenvalue weighted by molar-refractivity contribution is -0.213. The van der Waals surface area contributed by atoms with Crippen molar-refractivity contribution in [3.63, 3.8) is 0 Å². The average Bonchev–Trinajstić information content (AvgIpc) is 2.97. The number of halogens is 1. The van der Waals surface area contributed by atoms with Crippen molar-refractivity contribution in [2.24, 2.45) is 0 Å². The molecule has 0 saturated carbocycles. The maximum absolute atomic E-state index is 14.2. The Morgan fingerprint density at radius 2 is 1.61 bits per heavy atom. The van der Waals surface area contributed by atoms with Crippen LogP contribution in [0.1, 0.15) is 51.3 Å². The van der Waals surface area contributed by atoms with Crippen LogP contribution in [0.5, 0.6) is 0 Å². The molecule has 4 rings (SSSR count). The SMILES string of the molecule is CCCN(CCN1C(=O)N(OC(C)(C)C)C(c2ccc(F)cc2)Cc2ccccc21)c1ccccc1. The molecular weight excluding hydrogens is 453 g/mol. The number of benzene rings is 3. The summed E-state index contributed by atoms with van der Waals surface area (Å²) in [5.74, 6) is -0.305. The number of urea groups is 1. The van der Waals surface area contributed by atoms with E-state index in [1.54, 1.807) is 12.1 Å². The van der Waals surface area contributed by atoms with E-state index in [0.717, 1.165) is 35.5 Å². The van der Waals surface area contributed by atoms with E-state index in [0.29, 0.717) is 19.5 Å². The molecule has 0 aromatic heterocycles. The fraction of sp³-hybridized carbons (Fsp3) is 0.367. The molecule has 0 spiro atoms. The van der Waals surface area contributed by atoms with Gasteiger partial charge in [0.15, 0.2) is 0 Å². The van der Waals surface area contributed by atoms with Crippen LogP contribution in [0.4, 0.5) is 20.6 Å². The number of amides is 2. The minimum atomic E-state index is -0.589. The maximum Gasteiger partial charge on any atom is 0.349 e. The molecule has 3 aromatic carbocycles. The molecule has 5 nitrogen and oxygen atoms in total. The van der Waals surface area contributed by atoms with Gasteiger partial charge >= 0.3 is 6.03 Å². The lowest BCUT2D eigenvalue weighted by Gasteiger charge is -2.37. The van der Waals surface area contributed by atoms with Crippen LogP contribution in [-0.4, -0.2) is 36.3 Å². The Morgan fingerprint density at radius 3 is 2.28 bits per heavy atom. The van der Waals surface area contributed by atoms with Gasteiger partial charge in [-0.3, -0.25) is 9.74 Å². The number of hydrogen-bond acceptors (Lipinski definition) is 3. The van der Waals surface area contributed by atoms with Gasteiger partial charge in [0.25, 0.3) is 0 Å². The summed E-state index contributed by atoms with van der Waals surface area (Å²) in [5.41, 5.74) is 3.33. The standard InChI is InChI=1S/C30H36FN3O2/c1-5-19-32(26-12-7-6-8-13-26)20-21-33-27-14-10-9-11-24(27)22-28(23-15-17-25(31)18-16-23)34(29(33)35)36-30(2,3)4/h6-18,28H,5,19-22H2,1-4H3. The third kappa shape index (κ3) is 6.05. The molecule has 0 saturated heterocycles. The molecule has 1 heterocycles. The molecule has 0 N–H and O–H groups in total. The Balaban J connectivity index is 1.71. The summed E-state index contributed by atoms with van der Waals surface area (Å²) < 4.78 is 13.7. The van der Waals surface area contributed by atoms with E-state index >= 15 is 0 Å². The number of fused-ring (bicyclic) bond motifs is 1. The minimum Gasteiger partial charge on any atom is -0.370 e. The molecule has 2 amide bonds. The van der Waals surface area contributed by atoms with E-state index in [4.69, 9.17) is 4.84 Å². The van der Waals surface area contributed by atoms with Crippen LogP contribution in [-0.2, 0) is 11.3 Å². The van der Waals surface area contributed by atoms with E-state index in [1.165, 1.54) is 17.2 Å². The third-order valence-corrected chi connectivity index (χ3v) is 6.23. The Bertz CT molecular complexity index is 1140. The second-order valence-electron chi connectivity index (χ2n) is 10.2. The highest BCUT2D eigenvalue weighted by atomic mass is 19.1. The summed E-state index contributed by atoms with van der Waals surface area (Å²) in [6.07, 6.45) is 1.57. The van der Waals surface area contributed by atoms with E-state index in [2.05, 4.69) is 30.0 Å². The lowest BCUT2D eigenvalue weighted by Crippen LogP contribution is -2.49. The number of nitrogens with zero attached hydrogens (tertiary/aromatic N) is 3. The van der Waals surface area contributed by atoms with Gasteiger partial charge in [0.1, 0.15) is 5.82 Å². The molecule has 6 heteroatoms. The number of carbonyl (C=O) groups excluding carboxylic acids is 1. The predicted molar refractivity (Wildman–Crippen MR) is 144 cm³/mol. The summed E-state index contributed by atoms with van der Waals surface area (Å²) >= 11 is 0. The third-order valence-electron chi connectivity index (χ3n) is 6.23. The molecule has 0 bridgehead atoms. The van der Waals surface area contributed by atoms with Gasteiger partial charge in [-0.25, -0.2) is 9.18 Å². The number of hydroxylamine groups is 2. The Labute approximate surface area is 214 Å². The number of anilines is 2. The first kappa shape index (κ1) is 25.7. The number of hydrogen-bond donors (Lipinski definition) is 0. The van der Waals surface area contributed by atoms with Crippen LogP contribution < -0.4 is 9.80 Å². The highest BCUT2D eigenvalue weighted by molar-refractivity contribution is 5.93. The number of para-hydroxylation sites is 2. The van der Waals surface area contributed by atoms with E-state index < -0.39 is 5.60 Å². The van der Waals surface area contributed by atoms with Crippen molar-refractivity contribution in [2.75, 3.05) is 29.4 Å². The zero-order valence-electron chi connectivity index (χ0n) is 21.7. The molecule has 3 aromatic rings. The summed E-state index contributed by atoms with van der Waals surface area (Å²) in [7, 11) is 0. The normalized spacial score (nSPS) is 16.0. The largest absolute Gasteiger partial charge is 0.370 e. The maximum atomic E-state index is 14.2. The molecule has 1 atom stereocenters. The summed E-state index contributed by atoms with van der Waals surface area (Å²) in [5, 5.41) is 1.50. The van der Waals surface area contributed by atoms with Crippen LogP contribution in [0.2, 0.25) is 0 Å². The first-order chi connectivity index (χ1) is 17.3. The van der Waals surface area contributed by atoms with Crippen LogP contribution in [0.25, 0.3) is 0 Å². The molecule has 0 aliphatic carbocycles. The van der Waals surface area contributed by atoms with Gasteiger partial charge in [0, 0.05) is 37.4 Å². The molecule has 1 unspecified atom stereocenters. The Hall–Kier alpha value is -3.38. The van der Waals surface area contributed by atoms with Gasteiger partial charge in [-0.15, -0.1) is 0 Å². The molecular formula is C30H36FN3O2. The highest BCUT2D eigenvalue weighted by Crippen LogP contribution is 2.37. The Morgan fingerprint density at radius 1 is 0.944 bits per heavy atom. The smallest absolute Gasteiger partial charge is 0.349 e. The Kier molecular flexibility index (Phi) is 7.94. The lowest BCUT2D eigenvalue weighted by atomic mass is 9.98. The number of carbonyl (C=O) groups is 1. The van der Waals surface area contributed by atoms with Crippen LogP contribution in [0.3, 0.4) is 0 Å². The second kappa shape index (κ2) is 11.1. The summed E-state index contributed by atoms with van der Waals surface area (Å²) in [4.78, 5) is 24.6. The van der Waals surface area contributed by atoms with Gasteiger partial charge in [-0.1, -0.05) is 55.5 Å². The molecule has 190 valence electrons. The predicted octanol–water partition coefficient (Wildman–Crippen LogP) is 7.00. The molecule has 0 radical (unpaired) electrons. The average molecular weight is 490 g/mol. The van der Waals surface area contributed by atoms with E-state index in [-0.39, 0.29) is 17.9 Å². The highest BCUT2D eigenvalue weighted by Gasteiger charge is 2.38. The van der Waals surface area contributed by atoms with Crippen molar-refractivity contribution in [1.82, 2.24) is 5.06 Å². The van der Waals surface area contributed by atoms with E-state index in [1.807, 2.05) is 62.1 Å². The number of rotatable bonds is 8. The topological polar surface area (TPSA) is 36.0 Å². The van der Waals surface area contributed by atoms with Crippen LogP contribution in [0.15, 0.2) is 78.9 Å². The fourth-order valence-corrected chi connectivity index (χ4v) is 4.64. The van der Waals surface area contributed by atoms with Gasteiger partial charge < -0.3 is 4.90 Å². The molecule has 1 aliphatic heterocycles. The van der Waals surface area contributed by atoms with Crippen LogP contribution >= 0.6 is 0 Å². The van der Waals surface area contributed by atoms with Gasteiger partial charge in [0.05, 0.1) is 11.6 Å². The van der Waals surface area contributed by atoms with Gasteiger partial charge in [-0.2, -0.15) is 5.06 Å². The zero-order valence-corrected chi connectivity index (χ0v) is 21.7. The molecule has 36 heavy (non-hydrogen) atoms. The zero-order chi connectivity index (χ0) is 25.7. The van der Waals surface area contributed by atoms with Gasteiger partial charge in [-0.05, 0) is 68.7 Å². The van der Waals surface area contributed by atoms with Crippen molar-refractivity contribution in [2.45, 2.75) is 52.2 Å². The molecule has 1 aliphatic rings. The van der Waals surface area contributed by atoms with E-state index in [9.17, 15) is 9.18 Å². The first-order valence-corrected chi connectivity index (χ1v) is 12.7. The quantitative estimate of drug-likeness (QED) is 0.342. The van der Waals surface area contributed by atoms with Crippen molar-refractivity contribution in [3.05, 3.63) is 95.8 Å². The first-order valence-electron chi connectivity index (χ1n) is 12.7.